The predicted octanol–water partition coefficient (Wildman–Crippen LogP) is 4.80. The first-order chi connectivity index (χ1) is 14.6. The first-order valence-corrected chi connectivity index (χ1v) is 12.0. The second kappa shape index (κ2) is 9.90. The van der Waals surface area contributed by atoms with Crippen molar-refractivity contribution in [2.24, 2.45) is 13.0 Å². The number of ketones is 1. The molecule has 0 unspecified atom stereocenters. The number of carbonyl (C=O) groups is 1. The average Bonchev–Trinajstić information content (AvgIpc) is 3.07. The predicted molar refractivity (Wildman–Crippen MR) is 122 cm³/mol. The van der Waals surface area contributed by atoms with Crippen molar-refractivity contribution in [3.63, 3.8) is 0 Å². The van der Waals surface area contributed by atoms with Gasteiger partial charge in [-0.2, -0.15) is 5.10 Å². The Morgan fingerprint density at radius 1 is 1.07 bits per heavy atom. The number of pyridine rings is 1. The van der Waals surface area contributed by atoms with Gasteiger partial charge in [0.05, 0.1) is 5.39 Å². The van der Waals surface area contributed by atoms with Crippen molar-refractivity contribution in [3.05, 3.63) is 17.8 Å². The molecule has 1 saturated carbocycles. The number of aryl methyl sites for hydroxylation is 1. The maximum absolute atomic E-state index is 13.0. The van der Waals surface area contributed by atoms with Gasteiger partial charge in [0.2, 0.25) is 0 Å². The Hall–Kier alpha value is -1.95. The van der Waals surface area contributed by atoms with E-state index in [1.807, 2.05) is 19.2 Å². The normalized spacial score (nSPS) is 20.2. The van der Waals surface area contributed by atoms with Gasteiger partial charge < -0.3 is 10.2 Å². The first-order valence-electron chi connectivity index (χ1n) is 12.0. The second-order valence-electron chi connectivity index (χ2n) is 9.23. The van der Waals surface area contributed by atoms with E-state index >= 15 is 0 Å². The highest BCUT2D eigenvalue weighted by Gasteiger charge is 2.24. The highest BCUT2D eigenvalue weighted by atomic mass is 16.1. The summed E-state index contributed by atoms with van der Waals surface area (Å²) >= 11 is 0. The van der Waals surface area contributed by atoms with Crippen molar-refractivity contribution < 1.29 is 4.79 Å². The number of Topliss-reactive ketones (excluding diaryl/α,β-unsaturated/α-hetero) is 1. The quantitative estimate of drug-likeness (QED) is 0.692. The summed E-state index contributed by atoms with van der Waals surface area (Å²) in [6, 6.07) is 4.56. The van der Waals surface area contributed by atoms with Crippen LogP contribution in [0.1, 0.15) is 81.6 Å². The van der Waals surface area contributed by atoms with Crippen LogP contribution in [0.5, 0.6) is 0 Å². The summed E-state index contributed by atoms with van der Waals surface area (Å²) < 4.78 is 1.77. The molecule has 0 amide bonds. The Bertz CT molecular complexity index is 845. The minimum absolute atomic E-state index is 0.165. The van der Waals surface area contributed by atoms with Gasteiger partial charge >= 0.3 is 0 Å². The summed E-state index contributed by atoms with van der Waals surface area (Å²) in [5.41, 5.74) is 1.39. The zero-order valence-corrected chi connectivity index (χ0v) is 18.7. The van der Waals surface area contributed by atoms with Crippen LogP contribution in [0.2, 0.25) is 0 Å². The number of rotatable bonds is 6. The van der Waals surface area contributed by atoms with Crippen LogP contribution in [0.25, 0.3) is 11.0 Å². The van der Waals surface area contributed by atoms with Crippen LogP contribution >= 0.6 is 0 Å². The lowest BCUT2D eigenvalue weighted by molar-refractivity contribution is 0.0926. The number of aromatic nitrogens is 3. The molecule has 2 aromatic rings. The van der Waals surface area contributed by atoms with Crippen molar-refractivity contribution in [3.8, 4) is 0 Å². The van der Waals surface area contributed by atoms with E-state index in [1.54, 1.807) is 4.68 Å². The van der Waals surface area contributed by atoms with Gasteiger partial charge in [0.15, 0.2) is 11.4 Å². The highest BCUT2D eigenvalue weighted by molar-refractivity contribution is 6.05. The molecule has 3 heterocycles. The van der Waals surface area contributed by atoms with Gasteiger partial charge in [0.25, 0.3) is 0 Å². The van der Waals surface area contributed by atoms with Gasteiger partial charge in [-0.3, -0.25) is 4.79 Å². The van der Waals surface area contributed by atoms with E-state index in [1.165, 1.54) is 44.9 Å². The molecule has 0 bridgehead atoms. The fourth-order valence-corrected chi connectivity index (χ4v) is 5.09. The molecule has 2 aromatic heterocycles. The minimum atomic E-state index is 0.165. The summed E-state index contributed by atoms with van der Waals surface area (Å²) in [6.45, 7) is 5.53. The lowest BCUT2D eigenvalue weighted by Crippen LogP contribution is -2.34. The molecule has 0 atom stereocenters. The van der Waals surface area contributed by atoms with Crippen molar-refractivity contribution in [2.75, 3.05) is 25.0 Å². The lowest BCUT2D eigenvalue weighted by Gasteiger charge is -2.30. The smallest absolute Gasteiger partial charge is 0.184 e. The molecular weight excluding hydrogens is 374 g/mol. The number of fused-ring (bicyclic) bond motifs is 1. The summed E-state index contributed by atoms with van der Waals surface area (Å²) in [4.78, 5) is 20.3. The Labute approximate surface area is 180 Å². The fraction of sp³-hybridized carbons (Fsp3) is 0.708. The summed E-state index contributed by atoms with van der Waals surface area (Å²) in [6.07, 6.45) is 11.9. The minimum Gasteiger partial charge on any atom is -0.367 e. The van der Waals surface area contributed by atoms with E-state index < -0.39 is 0 Å². The molecule has 1 saturated heterocycles. The first kappa shape index (κ1) is 21.3. The molecule has 6 heteroatoms. The molecule has 2 aliphatic rings. The Balaban J connectivity index is 1.44. The third kappa shape index (κ3) is 5.02. The van der Waals surface area contributed by atoms with Crippen LogP contribution in [-0.2, 0) is 7.05 Å². The highest BCUT2D eigenvalue weighted by Crippen LogP contribution is 2.26. The van der Waals surface area contributed by atoms with Gasteiger partial charge in [-0.05, 0) is 63.4 Å². The molecule has 1 aliphatic heterocycles. The van der Waals surface area contributed by atoms with Gasteiger partial charge in [0, 0.05) is 19.5 Å². The molecule has 1 aliphatic carbocycles. The van der Waals surface area contributed by atoms with Crippen LogP contribution in [0.3, 0.4) is 0 Å². The monoisotopic (exact) mass is 411 g/mol. The largest absolute Gasteiger partial charge is 0.367 e. The van der Waals surface area contributed by atoms with Crippen LogP contribution < -0.4 is 5.32 Å². The molecule has 4 rings (SSSR count). The Kier molecular flexibility index (Phi) is 7.03. The van der Waals surface area contributed by atoms with Gasteiger partial charge in [0.1, 0.15) is 11.5 Å². The third-order valence-corrected chi connectivity index (χ3v) is 7.04. The maximum atomic E-state index is 13.0. The number of likely N-dealkylation sites (tertiary alicyclic amines) is 1. The van der Waals surface area contributed by atoms with Crippen LogP contribution in [-0.4, -0.2) is 51.1 Å². The zero-order valence-electron chi connectivity index (χ0n) is 18.7. The molecule has 1 N–H and O–H groups in total. The van der Waals surface area contributed by atoms with Gasteiger partial charge in [-0.25, -0.2) is 9.67 Å². The number of nitrogens with one attached hydrogen (secondary N) is 1. The molecule has 30 heavy (non-hydrogen) atoms. The standard InChI is InChI=1S/C24H37N5O/c1-3-29-15-13-18(14-16-29)17-21(30)23-20-11-12-22(26-24(20)28(2)27-23)25-19-9-7-5-4-6-8-10-19/h11-12,18-19H,3-10,13-17H2,1-2H3,(H,25,26). The third-order valence-electron chi connectivity index (χ3n) is 7.04. The Morgan fingerprint density at radius 3 is 2.47 bits per heavy atom. The number of anilines is 1. The molecule has 6 nitrogen and oxygen atoms in total. The maximum Gasteiger partial charge on any atom is 0.184 e. The van der Waals surface area contributed by atoms with Crippen molar-refractivity contribution >= 4 is 22.6 Å². The number of hydrogen-bond donors (Lipinski definition) is 1. The molecule has 164 valence electrons. The van der Waals surface area contributed by atoms with Crippen molar-refractivity contribution in [1.29, 1.82) is 0 Å². The van der Waals surface area contributed by atoms with Crippen molar-refractivity contribution in [1.82, 2.24) is 19.7 Å². The second-order valence-corrected chi connectivity index (χ2v) is 9.23. The van der Waals surface area contributed by atoms with Crippen LogP contribution in [0.4, 0.5) is 5.82 Å². The SMILES string of the molecule is CCN1CCC(CC(=O)c2nn(C)c3nc(NC4CCCCCCC4)ccc23)CC1. The fourth-order valence-electron chi connectivity index (χ4n) is 5.09. The number of nitrogens with zero attached hydrogens (tertiary/aromatic N) is 4. The summed E-state index contributed by atoms with van der Waals surface area (Å²) in [7, 11) is 1.89. The van der Waals surface area contributed by atoms with Crippen LogP contribution in [0.15, 0.2) is 12.1 Å². The molecule has 0 aromatic carbocycles. The van der Waals surface area contributed by atoms with E-state index in [4.69, 9.17) is 4.98 Å². The van der Waals surface area contributed by atoms with E-state index in [0.29, 0.717) is 24.1 Å². The molecule has 2 fully saturated rings. The topological polar surface area (TPSA) is 63.1 Å². The van der Waals surface area contributed by atoms with E-state index in [0.717, 1.165) is 49.3 Å². The number of hydrogen-bond acceptors (Lipinski definition) is 5. The van der Waals surface area contributed by atoms with Gasteiger partial charge in [-0.1, -0.05) is 39.0 Å². The molecular formula is C24H37N5O. The van der Waals surface area contributed by atoms with Gasteiger partial charge in [-0.15, -0.1) is 0 Å². The van der Waals surface area contributed by atoms with Crippen LogP contribution in [0, 0.1) is 5.92 Å². The molecule has 0 spiro atoms. The summed E-state index contributed by atoms with van der Waals surface area (Å²) in [5.74, 6) is 1.55. The van der Waals surface area contributed by atoms with E-state index in [-0.39, 0.29) is 5.78 Å². The number of carbonyl (C=O) groups excluding carboxylic acids is 1. The average molecular weight is 412 g/mol. The Morgan fingerprint density at radius 2 is 1.77 bits per heavy atom. The summed E-state index contributed by atoms with van der Waals surface area (Å²) in [5, 5.41) is 9.09. The number of piperidine rings is 1. The molecule has 0 radical (unpaired) electrons. The van der Waals surface area contributed by atoms with E-state index in [9.17, 15) is 4.79 Å². The lowest BCUT2D eigenvalue weighted by atomic mass is 9.90. The van der Waals surface area contributed by atoms with E-state index in [2.05, 4.69) is 22.2 Å². The zero-order chi connectivity index (χ0) is 20.9. The van der Waals surface area contributed by atoms with Crippen molar-refractivity contribution in [2.45, 2.75) is 77.2 Å².